The topological polar surface area (TPSA) is 39.7 Å². The summed E-state index contributed by atoms with van der Waals surface area (Å²) in [6.45, 7) is 7.13. The summed E-state index contributed by atoms with van der Waals surface area (Å²) in [5, 5.41) is 6.71. The molecular formula is C19H33IN4. The molecule has 1 rings (SSSR count). The summed E-state index contributed by atoms with van der Waals surface area (Å²) in [5.41, 5.74) is 1.36. The van der Waals surface area contributed by atoms with Crippen molar-refractivity contribution in [3.05, 3.63) is 48.0 Å². The van der Waals surface area contributed by atoms with Crippen LogP contribution in [0.15, 0.2) is 47.5 Å². The zero-order valence-corrected chi connectivity index (χ0v) is 17.8. The van der Waals surface area contributed by atoms with E-state index >= 15 is 0 Å². The van der Waals surface area contributed by atoms with Crippen LogP contribution in [0, 0.1) is 0 Å². The molecule has 0 fully saturated rings. The van der Waals surface area contributed by atoms with E-state index in [1.165, 1.54) is 5.56 Å². The molecular weight excluding hydrogens is 411 g/mol. The van der Waals surface area contributed by atoms with Crippen molar-refractivity contribution in [3.63, 3.8) is 0 Å². The summed E-state index contributed by atoms with van der Waals surface area (Å²) < 4.78 is 0. The smallest absolute Gasteiger partial charge is 0.190 e. The summed E-state index contributed by atoms with van der Waals surface area (Å²) in [5.74, 6) is 0.882. The van der Waals surface area contributed by atoms with Gasteiger partial charge in [-0.3, -0.25) is 9.89 Å². The minimum Gasteiger partial charge on any atom is -0.356 e. The van der Waals surface area contributed by atoms with Crippen LogP contribution in [-0.2, 0) is 6.54 Å². The fourth-order valence-electron chi connectivity index (χ4n) is 2.31. The fourth-order valence-corrected chi connectivity index (χ4v) is 2.31. The van der Waals surface area contributed by atoms with Crippen molar-refractivity contribution < 1.29 is 0 Å². The molecule has 1 unspecified atom stereocenters. The number of nitrogens with zero attached hydrogens (tertiary/aromatic N) is 2. The van der Waals surface area contributed by atoms with Gasteiger partial charge in [0.2, 0.25) is 0 Å². The lowest BCUT2D eigenvalue weighted by molar-refractivity contribution is 0.238. The number of hydrogen-bond donors (Lipinski definition) is 2. The van der Waals surface area contributed by atoms with Gasteiger partial charge in [-0.05, 0) is 39.3 Å². The lowest BCUT2D eigenvalue weighted by Gasteiger charge is -2.25. The van der Waals surface area contributed by atoms with Crippen LogP contribution in [0.3, 0.4) is 0 Å². The van der Waals surface area contributed by atoms with Crippen LogP contribution < -0.4 is 10.6 Å². The standard InChI is InChI=1S/C19H32N4.HI/c1-5-6-10-14-21-19(20-3)22-15-13-17(2)23(4)16-18-11-8-7-9-12-18;/h5-9,11-12,17H,10,13-16H2,1-4H3,(H2,20,21,22);1H/b6-5+;. The van der Waals surface area contributed by atoms with Gasteiger partial charge in [-0.2, -0.15) is 0 Å². The number of hydrogen-bond acceptors (Lipinski definition) is 2. The first kappa shape index (κ1) is 22.9. The monoisotopic (exact) mass is 444 g/mol. The first-order chi connectivity index (χ1) is 11.2. The van der Waals surface area contributed by atoms with Gasteiger partial charge >= 0.3 is 0 Å². The molecule has 0 saturated carbocycles. The van der Waals surface area contributed by atoms with Gasteiger partial charge in [0.15, 0.2) is 5.96 Å². The second-order valence-electron chi connectivity index (χ2n) is 5.82. The van der Waals surface area contributed by atoms with Gasteiger partial charge in [0.1, 0.15) is 0 Å². The van der Waals surface area contributed by atoms with E-state index in [9.17, 15) is 0 Å². The van der Waals surface area contributed by atoms with Crippen LogP contribution in [-0.4, -0.2) is 44.1 Å². The minimum atomic E-state index is 0. The molecule has 0 aliphatic heterocycles. The highest BCUT2D eigenvalue weighted by Crippen LogP contribution is 2.07. The molecule has 1 aromatic rings. The molecule has 2 N–H and O–H groups in total. The average Bonchev–Trinajstić information content (AvgIpc) is 2.57. The molecule has 4 nitrogen and oxygen atoms in total. The third kappa shape index (κ3) is 9.93. The highest BCUT2D eigenvalue weighted by molar-refractivity contribution is 14.0. The summed E-state index contributed by atoms with van der Waals surface area (Å²) in [6.07, 6.45) is 6.33. The summed E-state index contributed by atoms with van der Waals surface area (Å²) in [4.78, 5) is 6.64. The van der Waals surface area contributed by atoms with Gasteiger partial charge in [-0.25, -0.2) is 0 Å². The first-order valence-corrected chi connectivity index (χ1v) is 8.47. The van der Waals surface area contributed by atoms with Crippen LogP contribution >= 0.6 is 24.0 Å². The SMILES string of the molecule is C/C=C/CCNC(=NC)NCCC(C)N(C)Cc1ccccc1.I. The molecule has 0 aromatic heterocycles. The first-order valence-electron chi connectivity index (χ1n) is 8.47. The molecule has 0 radical (unpaired) electrons. The summed E-state index contributed by atoms with van der Waals surface area (Å²) >= 11 is 0. The van der Waals surface area contributed by atoms with Crippen molar-refractivity contribution in [2.24, 2.45) is 4.99 Å². The molecule has 0 saturated heterocycles. The number of rotatable bonds is 9. The zero-order valence-electron chi connectivity index (χ0n) is 15.5. The number of guanidine groups is 1. The van der Waals surface area contributed by atoms with E-state index in [2.05, 4.69) is 77.0 Å². The predicted octanol–water partition coefficient (Wildman–Crippen LogP) is 3.65. The molecule has 0 bridgehead atoms. The van der Waals surface area contributed by atoms with Gasteiger partial charge in [-0.1, -0.05) is 42.5 Å². The van der Waals surface area contributed by atoms with Crippen LogP contribution in [0.25, 0.3) is 0 Å². The van der Waals surface area contributed by atoms with Crippen molar-refractivity contribution in [1.82, 2.24) is 15.5 Å². The van der Waals surface area contributed by atoms with E-state index in [-0.39, 0.29) is 24.0 Å². The van der Waals surface area contributed by atoms with Crippen molar-refractivity contribution in [3.8, 4) is 0 Å². The number of aliphatic imine (C=N–C) groups is 1. The Morgan fingerprint density at radius 1 is 1.21 bits per heavy atom. The minimum absolute atomic E-state index is 0. The maximum absolute atomic E-state index is 4.25. The van der Waals surface area contributed by atoms with Gasteiger partial charge in [0.05, 0.1) is 0 Å². The molecule has 136 valence electrons. The van der Waals surface area contributed by atoms with Crippen molar-refractivity contribution >= 4 is 29.9 Å². The second-order valence-corrected chi connectivity index (χ2v) is 5.82. The maximum Gasteiger partial charge on any atom is 0.190 e. The molecule has 1 aromatic carbocycles. The van der Waals surface area contributed by atoms with Gasteiger partial charge < -0.3 is 10.6 Å². The zero-order chi connectivity index (χ0) is 16.9. The van der Waals surface area contributed by atoms with E-state index in [4.69, 9.17) is 0 Å². The third-order valence-electron chi connectivity index (χ3n) is 3.94. The van der Waals surface area contributed by atoms with Crippen LogP contribution in [0.2, 0.25) is 0 Å². The Bertz CT molecular complexity index is 474. The molecule has 0 aliphatic rings. The number of allylic oxidation sites excluding steroid dienone is 1. The predicted molar refractivity (Wildman–Crippen MR) is 116 cm³/mol. The molecule has 0 heterocycles. The van der Waals surface area contributed by atoms with Crippen molar-refractivity contribution in [2.75, 3.05) is 27.2 Å². The fraction of sp³-hybridized carbons (Fsp3) is 0.526. The molecule has 0 aliphatic carbocycles. The Hall–Kier alpha value is -1.08. The second kappa shape index (κ2) is 14.3. The Morgan fingerprint density at radius 2 is 1.88 bits per heavy atom. The Kier molecular flexibility index (Phi) is 13.6. The summed E-state index contributed by atoms with van der Waals surface area (Å²) in [7, 11) is 4.00. The Morgan fingerprint density at radius 3 is 2.50 bits per heavy atom. The molecule has 5 heteroatoms. The van der Waals surface area contributed by atoms with E-state index in [1.807, 2.05) is 14.0 Å². The van der Waals surface area contributed by atoms with E-state index < -0.39 is 0 Å². The van der Waals surface area contributed by atoms with E-state index in [0.717, 1.165) is 38.4 Å². The third-order valence-corrected chi connectivity index (χ3v) is 3.94. The van der Waals surface area contributed by atoms with Crippen LogP contribution in [0.5, 0.6) is 0 Å². The number of halogens is 1. The van der Waals surface area contributed by atoms with Crippen LogP contribution in [0.1, 0.15) is 32.3 Å². The lowest BCUT2D eigenvalue weighted by atomic mass is 10.1. The lowest BCUT2D eigenvalue weighted by Crippen LogP contribution is -2.40. The van der Waals surface area contributed by atoms with Crippen LogP contribution in [0.4, 0.5) is 0 Å². The summed E-state index contributed by atoms with van der Waals surface area (Å²) in [6, 6.07) is 11.1. The van der Waals surface area contributed by atoms with Crippen molar-refractivity contribution in [2.45, 2.75) is 39.3 Å². The van der Waals surface area contributed by atoms with E-state index in [0.29, 0.717) is 6.04 Å². The molecule has 1 atom stereocenters. The Labute approximate surface area is 164 Å². The van der Waals surface area contributed by atoms with Gasteiger partial charge in [-0.15, -0.1) is 24.0 Å². The van der Waals surface area contributed by atoms with Gasteiger partial charge in [0, 0.05) is 32.7 Å². The molecule has 0 spiro atoms. The van der Waals surface area contributed by atoms with E-state index in [1.54, 1.807) is 0 Å². The normalized spacial score (nSPS) is 13.0. The number of nitrogens with one attached hydrogen (secondary N) is 2. The van der Waals surface area contributed by atoms with Gasteiger partial charge in [0.25, 0.3) is 0 Å². The largest absolute Gasteiger partial charge is 0.356 e. The average molecular weight is 444 g/mol. The Balaban J connectivity index is 0.00000529. The highest BCUT2D eigenvalue weighted by atomic mass is 127. The molecule has 0 amide bonds. The highest BCUT2D eigenvalue weighted by Gasteiger charge is 2.09. The maximum atomic E-state index is 4.25. The molecule has 24 heavy (non-hydrogen) atoms. The number of benzene rings is 1. The quantitative estimate of drug-likeness (QED) is 0.201. The van der Waals surface area contributed by atoms with Crippen molar-refractivity contribution in [1.29, 1.82) is 0 Å².